The number of carbonyl (C=O) groups is 3. The van der Waals surface area contributed by atoms with Crippen LogP contribution in [0.15, 0.2) is 10.6 Å². The van der Waals surface area contributed by atoms with E-state index in [9.17, 15) is 14.4 Å². The van der Waals surface area contributed by atoms with Crippen molar-refractivity contribution in [1.82, 2.24) is 15.8 Å². The molecule has 0 saturated heterocycles. The van der Waals surface area contributed by atoms with Gasteiger partial charge in [-0.2, -0.15) is 0 Å². The number of primary amides is 1. The Balaban J connectivity index is 2.84. The first kappa shape index (κ1) is 16.7. The standard InChI is InChI=1S/C13H20N4O4/c1-13(2,3)9-6-8(21-17-9)12(20)16-7(5-10(14)18)11(19)15-4/h6-7H,5H2,1-4H3,(H2,14,18)(H,15,19)(H,16,20)/t7-/m0/s1. The van der Waals surface area contributed by atoms with Gasteiger partial charge < -0.3 is 20.9 Å². The summed E-state index contributed by atoms with van der Waals surface area (Å²) in [6.45, 7) is 5.77. The van der Waals surface area contributed by atoms with Gasteiger partial charge in [0.05, 0.1) is 12.1 Å². The Labute approximate surface area is 122 Å². The fraction of sp³-hybridized carbons (Fsp3) is 0.538. The van der Waals surface area contributed by atoms with E-state index in [4.69, 9.17) is 10.3 Å². The molecule has 1 rings (SSSR count). The maximum absolute atomic E-state index is 12.0. The normalized spacial score (nSPS) is 12.6. The smallest absolute Gasteiger partial charge is 0.290 e. The Hall–Kier alpha value is -2.38. The number of nitrogens with one attached hydrogen (secondary N) is 2. The number of carbonyl (C=O) groups excluding carboxylic acids is 3. The van der Waals surface area contributed by atoms with Crippen LogP contribution in [0.4, 0.5) is 0 Å². The molecule has 0 spiro atoms. The minimum absolute atomic E-state index is 0.0294. The number of nitrogens with zero attached hydrogens (tertiary/aromatic N) is 1. The van der Waals surface area contributed by atoms with Gasteiger partial charge in [-0.05, 0) is 0 Å². The van der Waals surface area contributed by atoms with Gasteiger partial charge in [-0.15, -0.1) is 0 Å². The summed E-state index contributed by atoms with van der Waals surface area (Å²) >= 11 is 0. The highest BCUT2D eigenvalue weighted by atomic mass is 16.5. The lowest BCUT2D eigenvalue weighted by Crippen LogP contribution is -2.47. The summed E-state index contributed by atoms with van der Waals surface area (Å²) in [6, 6.07) is 0.448. The van der Waals surface area contributed by atoms with Gasteiger partial charge in [0.15, 0.2) is 0 Å². The molecule has 1 heterocycles. The average molecular weight is 296 g/mol. The highest BCUT2D eigenvalue weighted by Crippen LogP contribution is 2.21. The van der Waals surface area contributed by atoms with Gasteiger partial charge in [0, 0.05) is 18.5 Å². The van der Waals surface area contributed by atoms with Crippen molar-refractivity contribution in [3.8, 4) is 0 Å². The van der Waals surface area contributed by atoms with Gasteiger partial charge in [0.2, 0.25) is 17.6 Å². The highest BCUT2D eigenvalue weighted by molar-refractivity contribution is 5.97. The topological polar surface area (TPSA) is 127 Å². The molecule has 0 aliphatic heterocycles. The van der Waals surface area contributed by atoms with E-state index in [-0.39, 0.29) is 17.6 Å². The summed E-state index contributed by atoms with van der Waals surface area (Å²) in [5, 5.41) is 8.56. The Kier molecular flexibility index (Phi) is 5.07. The van der Waals surface area contributed by atoms with Gasteiger partial charge in [-0.3, -0.25) is 14.4 Å². The summed E-state index contributed by atoms with van der Waals surface area (Å²) in [5.41, 5.74) is 5.40. The van der Waals surface area contributed by atoms with E-state index in [2.05, 4.69) is 15.8 Å². The summed E-state index contributed by atoms with van der Waals surface area (Å²) in [5.74, 6) is -1.87. The molecule has 0 bridgehead atoms. The van der Waals surface area contributed by atoms with Crippen LogP contribution in [0, 0.1) is 0 Å². The molecule has 116 valence electrons. The van der Waals surface area contributed by atoms with Crippen molar-refractivity contribution in [1.29, 1.82) is 0 Å². The molecule has 3 amide bonds. The third-order valence-corrected chi connectivity index (χ3v) is 2.78. The van der Waals surface area contributed by atoms with Crippen LogP contribution in [0.25, 0.3) is 0 Å². The first-order chi connectivity index (χ1) is 9.65. The molecule has 1 aromatic heterocycles. The van der Waals surface area contributed by atoms with Crippen LogP contribution in [0.2, 0.25) is 0 Å². The second-order valence-electron chi connectivity index (χ2n) is 5.64. The minimum atomic E-state index is -1.05. The van der Waals surface area contributed by atoms with E-state index in [1.165, 1.54) is 13.1 Å². The van der Waals surface area contributed by atoms with E-state index >= 15 is 0 Å². The predicted molar refractivity (Wildman–Crippen MR) is 74.3 cm³/mol. The van der Waals surface area contributed by atoms with Crippen molar-refractivity contribution in [3.05, 3.63) is 17.5 Å². The van der Waals surface area contributed by atoms with E-state index in [1.54, 1.807) is 0 Å². The van der Waals surface area contributed by atoms with Crippen LogP contribution in [0.5, 0.6) is 0 Å². The average Bonchev–Trinajstić information content (AvgIpc) is 2.85. The third kappa shape index (κ3) is 4.59. The molecule has 8 heteroatoms. The lowest BCUT2D eigenvalue weighted by molar-refractivity contribution is -0.126. The van der Waals surface area contributed by atoms with Crippen molar-refractivity contribution in [2.24, 2.45) is 5.73 Å². The number of amides is 3. The summed E-state index contributed by atoms with van der Waals surface area (Å²) in [6.07, 6.45) is -0.300. The van der Waals surface area contributed by atoms with Crippen molar-refractivity contribution in [3.63, 3.8) is 0 Å². The van der Waals surface area contributed by atoms with Crippen LogP contribution in [0.1, 0.15) is 43.4 Å². The summed E-state index contributed by atoms with van der Waals surface area (Å²) in [4.78, 5) is 34.6. The zero-order valence-corrected chi connectivity index (χ0v) is 12.5. The van der Waals surface area contributed by atoms with E-state index in [0.717, 1.165) is 0 Å². The molecular weight excluding hydrogens is 276 g/mol. The largest absolute Gasteiger partial charge is 0.370 e. The number of aromatic nitrogens is 1. The maximum atomic E-state index is 12.0. The molecule has 0 fully saturated rings. The molecule has 0 radical (unpaired) electrons. The Morgan fingerprint density at radius 3 is 2.43 bits per heavy atom. The number of hydrogen-bond donors (Lipinski definition) is 3. The fourth-order valence-corrected chi connectivity index (χ4v) is 1.55. The van der Waals surface area contributed by atoms with Gasteiger partial charge in [-0.25, -0.2) is 0 Å². The molecule has 8 nitrogen and oxygen atoms in total. The van der Waals surface area contributed by atoms with E-state index in [0.29, 0.717) is 5.69 Å². The second kappa shape index (κ2) is 6.38. The molecule has 0 saturated carbocycles. The summed E-state index contributed by atoms with van der Waals surface area (Å²) < 4.78 is 4.96. The molecule has 1 aromatic rings. The lowest BCUT2D eigenvalue weighted by atomic mass is 9.92. The first-order valence-corrected chi connectivity index (χ1v) is 6.43. The van der Waals surface area contributed by atoms with Crippen LogP contribution in [-0.4, -0.2) is 36.0 Å². The summed E-state index contributed by atoms with van der Waals surface area (Å²) in [7, 11) is 1.40. The molecule has 0 aromatic carbocycles. The number of hydrogen-bond acceptors (Lipinski definition) is 5. The van der Waals surface area contributed by atoms with Crippen molar-refractivity contribution < 1.29 is 18.9 Å². The zero-order chi connectivity index (χ0) is 16.2. The molecule has 0 unspecified atom stereocenters. The van der Waals surface area contributed by atoms with Crippen LogP contribution in [-0.2, 0) is 15.0 Å². The molecule has 4 N–H and O–H groups in total. The minimum Gasteiger partial charge on any atom is -0.370 e. The van der Waals surface area contributed by atoms with Gasteiger partial charge in [0.1, 0.15) is 6.04 Å². The number of likely N-dealkylation sites (N-methyl/N-ethyl adjacent to an activating group) is 1. The molecular formula is C13H20N4O4. The van der Waals surface area contributed by atoms with Crippen LogP contribution >= 0.6 is 0 Å². The Morgan fingerprint density at radius 2 is 2.00 bits per heavy atom. The number of rotatable bonds is 5. The molecule has 0 aliphatic carbocycles. The first-order valence-electron chi connectivity index (χ1n) is 6.43. The van der Waals surface area contributed by atoms with Crippen molar-refractivity contribution in [2.75, 3.05) is 7.05 Å². The van der Waals surface area contributed by atoms with E-state index < -0.39 is 23.8 Å². The van der Waals surface area contributed by atoms with E-state index in [1.807, 2.05) is 20.8 Å². The molecule has 21 heavy (non-hydrogen) atoms. The van der Waals surface area contributed by atoms with Gasteiger partial charge in [-0.1, -0.05) is 25.9 Å². The Morgan fingerprint density at radius 1 is 1.38 bits per heavy atom. The monoisotopic (exact) mass is 296 g/mol. The fourth-order valence-electron chi connectivity index (χ4n) is 1.55. The van der Waals surface area contributed by atoms with Crippen LogP contribution in [0.3, 0.4) is 0 Å². The SMILES string of the molecule is CNC(=O)[C@H](CC(N)=O)NC(=O)c1cc(C(C)(C)C)no1. The Bertz CT molecular complexity index is 545. The maximum Gasteiger partial charge on any atom is 0.290 e. The molecule has 0 aliphatic rings. The van der Waals surface area contributed by atoms with Gasteiger partial charge >= 0.3 is 0 Å². The highest BCUT2D eigenvalue weighted by Gasteiger charge is 2.26. The number of nitrogens with two attached hydrogens (primary N) is 1. The van der Waals surface area contributed by atoms with Crippen molar-refractivity contribution >= 4 is 17.7 Å². The zero-order valence-electron chi connectivity index (χ0n) is 12.5. The quantitative estimate of drug-likeness (QED) is 0.687. The van der Waals surface area contributed by atoms with Gasteiger partial charge in [0.25, 0.3) is 5.91 Å². The lowest BCUT2D eigenvalue weighted by Gasteiger charge is -2.14. The third-order valence-electron chi connectivity index (χ3n) is 2.78. The van der Waals surface area contributed by atoms with Crippen LogP contribution < -0.4 is 16.4 Å². The predicted octanol–water partition coefficient (Wildman–Crippen LogP) is -0.308. The second-order valence-corrected chi connectivity index (χ2v) is 5.64. The molecule has 1 atom stereocenters. The van der Waals surface area contributed by atoms with Crippen molar-refractivity contribution in [2.45, 2.75) is 38.6 Å².